The lowest BCUT2D eigenvalue weighted by molar-refractivity contribution is 0.357. The largest absolute Gasteiger partial charge is 0.308 e. The molecular formula is C13H20N2. The number of nitrogens with zero attached hydrogens (tertiary/aromatic N) is 1. The standard InChI is InChI=1S/C13H20N2/c1-11-6-9-14-10-12(11)13(2)7-4-3-5-8-15-13/h6,9-10,15H,3-5,7-8H2,1-2H3. The maximum Gasteiger partial charge on any atom is 0.0424 e. The maximum absolute atomic E-state index is 4.26. The maximum atomic E-state index is 4.26. The van der Waals surface area contributed by atoms with Crippen molar-refractivity contribution in [2.45, 2.75) is 45.1 Å². The Labute approximate surface area is 92.1 Å². The van der Waals surface area contributed by atoms with Crippen molar-refractivity contribution in [3.63, 3.8) is 0 Å². The van der Waals surface area contributed by atoms with Gasteiger partial charge in [0, 0.05) is 17.9 Å². The van der Waals surface area contributed by atoms with Gasteiger partial charge in [-0.2, -0.15) is 0 Å². The first kappa shape index (κ1) is 10.6. The van der Waals surface area contributed by atoms with E-state index in [1.807, 2.05) is 12.4 Å². The summed E-state index contributed by atoms with van der Waals surface area (Å²) in [6.07, 6.45) is 9.08. The van der Waals surface area contributed by atoms with Crippen molar-refractivity contribution in [2.75, 3.05) is 6.54 Å². The number of pyridine rings is 1. The van der Waals surface area contributed by atoms with Crippen LogP contribution < -0.4 is 5.32 Å². The van der Waals surface area contributed by atoms with Gasteiger partial charge in [0.1, 0.15) is 0 Å². The van der Waals surface area contributed by atoms with Crippen molar-refractivity contribution in [3.05, 3.63) is 29.6 Å². The first-order chi connectivity index (χ1) is 7.22. The SMILES string of the molecule is Cc1ccncc1C1(C)CCCCCN1. The normalized spacial score (nSPS) is 27.3. The molecule has 2 heterocycles. The zero-order chi connectivity index (χ0) is 10.7. The van der Waals surface area contributed by atoms with Crippen LogP contribution in [0.25, 0.3) is 0 Å². The zero-order valence-corrected chi connectivity index (χ0v) is 9.71. The predicted molar refractivity (Wildman–Crippen MR) is 62.8 cm³/mol. The molecule has 2 nitrogen and oxygen atoms in total. The lowest BCUT2D eigenvalue weighted by Crippen LogP contribution is -2.39. The highest BCUT2D eigenvalue weighted by Crippen LogP contribution is 2.30. The molecule has 82 valence electrons. The summed E-state index contributed by atoms with van der Waals surface area (Å²) in [5.74, 6) is 0. The lowest BCUT2D eigenvalue weighted by atomic mass is 9.86. The average molecular weight is 204 g/mol. The summed E-state index contributed by atoms with van der Waals surface area (Å²) in [6.45, 7) is 5.61. The predicted octanol–water partition coefficient (Wildman–Crippen LogP) is 2.77. The number of nitrogens with one attached hydrogen (secondary N) is 1. The Bertz CT molecular complexity index is 325. The highest BCUT2D eigenvalue weighted by atomic mass is 15.0. The van der Waals surface area contributed by atoms with Gasteiger partial charge in [0.05, 0.1) is 0 Å². The average Bonchev–Trinajstić information content (AvgIpc) is 2.44. The van der Waals surface area contributed by atoms with Gasteiger partial charge < -0.3 is 5.32 Å². The van der Waals surface area contributed by atoms with E-state index in [0.717, 1.165) is 6.54 Å². The van der Waals surface area contributed by atoms with Crippen molar-refractivity contribution in [3.8, 4) is 0 Å². The van der Waals surface area contributed by atoms with E-state index in [-0.39, 0.29) is 5.54 Å². The molecule has 1 aromatic heterocycles. The number of aryl methyl sites for hydroxylation is 1. The van der Waals surface area contributed by atoms with E-state index in [4.69, 9.17) is 0 Å². The molecule has 2 rings (SSSR count). The third-order valence-electron chi connectivity index (χ3n) is 3.50. The molecule has 1 aliphatic rings. The fourth-order valence-corrected chi connectivity index (χ4v) is 2.50. The molecule has 0 radical (unpaired) electrons. The van der Waals surface area contributed by atoms with E-state index < -0.39 is 0 Å². The fraction of sp³-hybridized carbons (Fsp3) is 0.615. The molecule has 0 aromatic carbocycles. The second kappa shape index (κ2) is 4.31. The van der Waals surface area contributed by atoms with Crippen LogP contribution in [0.1, 0.15) is 43.7 Å². The van der Waals surface area contributed by atoms with E-state index in [0.29, 0.717) is 0 Å². The molecule has 2 heteroatoms. The van der Waals surface area contributed by atoms with Crippen LogP contribution in [-0.4, -0.2) is 11.5 Å². The molecule has 0 spiro atoms. The Morgan fingerprint density at radius 1 is 1.33 bits per heavy atom. The van der Waals surface area contributed by atoms with E-state index in [1.54, 1.807) is 0 Å². The summed E-state index contributed by atoms with van der Waals surface area (Å²) in [5.41, 5.74) is 2.85. The van der Waals surface area contributed by atoms with Crippen molar-refractivity contribution >= 4 is 0 Å². The topological polar surface area (TPSA) is 24.9 Å². The fourth-order valence-electron chi connectivity index (χ4n) is 2.50. The van der Waals surface area contributed by atoms with Gasteiger partial charge in [0.15, 0.2) is 0 Å². The second-order valence-corrected chi connectivity index (χ2v) is 4.76. The summed E-state index contributed by atoms with van der Waals surface area (Å²) < 4.78 is 0. The number of hydrogen-bond acceptors (Lipinski definition) is 2. The van der Waals surface area contributed by atoms with Crippen LogP contribution in [0.2, 0.25) is 0 Å². The highest BCUT2D eigenvalue weighted by Gasteiger charge is 2.28. The molecule has 1 atom stereocenters. The van der Waals surface area contributed by atoms with Gasteiger partial charge in [0.25, 0.3) is 0 Å². The second-order valence-electron chi connectivity index (χ2n) is 4.76. The Hall–Kier alpha value is -0.890. The molecule has 0 aliphatic carbocycles. The first-order valence-electron chi connectivity index (χ1n) is 5.88. The molecule has 0 bridgehead atoms. The third-order valence-corrected chi connectivity index (χ3v) is 3.50. The van der Waals surface area contributed by atoms with Gasteiger partial charge in [0.2, 0.25) is 0 Å². The van der Waals surface area contributed by atoms with Gasteiger partial charge in [-0.05, 0) is 50.4 Å². The van der Waals surface area contributed by atoms with Gasteiger partial charge in [-0.15, -0.1) is 0 Å². The Kier molecular flexibility index (Phi) is 3.06. The molecule has 1 aromatic rings. The Balaban J connectivity index is 2.30. The van der Waals surface area contributed by atoms with Gasteiger partial charge >= 0.3 is 0 Å². The van der Waals surface area contributed by atoms with Crippen LogP contribution in [0.5, 0.6) is 0 Å². The molecule has 0 amide bonds. The summed E-state index contributed by atoms with van der Waals surface area (Å²) >= 11 is 0. The monoisotopic (exact) mass is 204 g/mol. The molecule has 1 saturated heterocycles. The summed E-state index contributed by atoms with van der Waals surface area (Å²) in [7, 11) is 0. The van der Waals surface area contributed by atoms with Crippen molar-refractivity contribution < 1.29 is 0 Å². The number of rotatable bonds is 1. The lowest BCUT2D eigenvalue weighted by Gasteiger charge is -2.31. The number of hydrogen-bond donors (Lipinski definition) is 1. The minimum Gasteiger partial charge on any atom is -0.308 e. The molecule has 15 heavy (non-hydrogen) atoms. The summed E-state index contributed by atoms with van der Waals surface area (Å²) in [5, 5.41) is 3.68. The van der Waals surface area contributed by atoms with E-state index in [9.17, 15) is 0 Å². The minimum absolute atomic E-state index is 0.134. The third kappa shape index (κ3) is 2.20. The van der Waals surface area contributed by atoms with Gasteiger partial charge in [-0.25, -0.2) is 0 Å². The van der Waals surface area contributed by atoms with E-state index >= 15 is 0 Å². The molecule has 0 saturated carbocycles. The molecule has 1 N–H and O–H groups in total. The quantitative estimate of drug-likeness (QED) is 0.761. The van der Waals surface area contributed by atoms with Crippen LogP contribution in [0.3, 0.4) is 0 Å². The molecule has 1 fully saturated rings. The number of aromatic nitrogens is 1. The van der Waals surface area contributed by atoms with Crippen LogP contribution in [-0.2, 0) is 5.54 Å². The summed E-state index contributed by atoms with van der Waals surface area (Å²) in [6, 6.07) is 2.10. The first-order valence-corrected chi connectivity index (χ1v) is 5.88. The Morgan fingerprint density at radius 2 is 2.20 bits per heavy atom. The smallest absolute Gasteiger partial charge is 0.0424 e. The van der Waals surface area contributed by atoms with Crippen LogP contribution in [0.15, 0.2) is 18.5 Å². The Morgan fingerprint density at radius 3 is 3.00 bits per heavy atom. The van der Waals surface area contributed by atoms with Crippen LogP contribution in [0.4, 0.5) is 0 Å². The molecule has 1 unspecified atom stereocenters. The zero-order valence-electron chi connectivity index (χ0n) is 9.71. The summed E-state index contributed by atoms with van der Waals surface area (Å²) in [4.78, 5) is 4.26. The van der Waals surface area contributed by atoms with E-state index in [1.165, 1.54) is 36.8 Å². The van der Waals surface area contributed by atoms with Crippen molar-refractivity contribution in [1.82, 2.24) is 10.3 Å². The van der Waals surface area contributed by atoms with Gasteiger partial charge in [-0.1, -0.05) is 12.8 Å². The highest BCUT2D eigenvalue weighted by molar-refractivity contribution is 5.29. The van der Waals surface area contributed by atoms with Crippen LogP contribution >= 0.6 is 0 Å². The van der Waals surface area contributed by atoms with Crippen molar-refractivity contribution in [1.29, 1.82) is 0 Å². The van der Waals surface area contributed by atoms with Gasteiger partial charge in [-0.3, -0.25) is 4.98 Å². The van der Waals surface area contributed by atoms with Crippen molar-refractivity contribution in [2.24, 2.45) is 0 Å². The minimum atomic E-state index is 0.134. The molecular weight excluding hydrogens is 184 g/mol. The van der Waals surface area contributed by atoms with E-state index in [2.05, 4.69) is 30.2 Å². The van der Waals surface area contributed by atoms with Crippen LogP contribution in [0, 0.1) is 6.92 Å². The molecule has 1 aliphatic heterocycles.